The lowest BCUT2D eigenvalue weighted by molar-refractivity contribution is -0.126. The molecule has 0 aliphatic heterocycles. The van der Waals surface area contributed by atoms with Gasteiger partial charge in [0.15, 0.2) is 17.4 Å². The predicted molar refractivity (Wildman–Crippen MR) is 75.1 cm³/mol. The van der Waals surface area contributed by atoms with Gasteiger partial charge in [-0.3, -0.25) is 13.8 Å². The van der Waals surface area contributed by atoms with Crippen molar-refractivity contribution in [1.82, 2.24) is 5.32 Å². The minimum absolute atomic E-state index is 0.0213. The first-order chi connectivity index (χ1) is 9.72. The number of halogens is 2. The average Bonchev–Trinajstić information content (AvgIpc) is 2.38. The maximum Gasteiger partial charge on any atom is 0.233 e. The second-order valence-electron chi connectivity index (χ2n) is 4.97. The zero-order chi connectivity index (χ0) is 16.2. The van der Waals surface area contributed by atoms with Crippen molar-refractivity contribution in [3.8, 4) is 0 Å². The molecule has 0 fully saturated rings. The molecular weight excluding hydrogens is 300 g/mol. The van der Waals surface area contributed by atoms with E-state index in [1.54, 1.807) is 13.8 Å². The highest BCUT2D eigenvalue weighted by atomic mass is 32.2. The maximum absolute atomic E-state index is 13.0. The Morgan fingerprint density at radius 1 is 1.24 bits per heavy atom. The third-order valence-electron chi connectivity index (χ3n) is 2.84. The Hall–Kier alpha value is -1.63. The minimum Gasteiger partial charge on any atom is -0.345 e. The molecule has 1 rings (SSSR count). The number of ketones is 1. The summed E-state index contributed by atoms with van der Waals surface area (Å²) in [6.45, 7) is 4.91. The quantitative estimate of drug-likeness (QED) is 0.870. The summed E-state index contributed by atoms with van der Waals surface area (Å²) in [5.41, 5.74) is 0. The van der Waals surface area contributed by atoms with Gasteiger partial charge in [-0.05, 0) is 31.0 Å². The monoisotopic (exact) mass is 317 g/mol. The Morgan fingerprint density at radius 2 is 1.86 bits per heavy atom. The first kappa shape index (κ1) is 17.4. The van der Waals surface area contributed by atoms with E-state index in [4.69, 9.17) is 0 Å². The zero-order valence-electron chi connectivity index (χ0n) is 12.0. The molecule has 1 aromatic rings. The Bertz CT molecular complexity index is 575. The molecule has 0 saturated carbocycles. The van der Waals surface area contributed by atoms with E-state index in [9.17, 15) is 22.6 Å². The van der Waals surface area contributed by atoms with E-state index < -0.39 is 40.1 Å². The van der Waals surface area contributed by atoms with E-state index in [0.717, 1.165) is 18.2 Å². The number of amides is 1. The average molecular weight is 317 g/mol. The van der Waals surface area contributed by atoms with Crippen LogP contribution in [0.4, 0.5) is 8.78 Å². The molecule has 1 N–H and O–H groups in total. The van der Waals surface area contributed by atoms with E-state index >= 15 is 0 Å². The minimum atomic E-state index is -1.80. The van der Waals surface area contributed by atoms with Gasteiger partial charge in [0.25, 0.3) is 0 Å². The van der Waals surface area contributed by atoms with E-state index in [1.165, 1.54) is 6.92 Å². The Morgan fingerprint density at radius 3 is 2.33 bits per heavy atom. The van der Waals surface area contributed by atoms with Crippen molar-refractivity contribution in [2.45, 2.75) is 31.7 Å². The summed E-state index contributed by atoms with van der Waals surface area (Å²) in [5, 5.41) is 2.49. The first-order valence-electron chi connectivity index (χ1n) is 6.35. The number of hydrogen-bond acceptors (Lipinski definition) is 3. The summed E-state index contributed by atoms with van der Waals surface area (Å²) >= 11 is 0. The van der Waals surface area contributed by atoms with Crippen LogP contribution in [-0.2, 0) is 20.4 Å². The van der Waals surface area contributed by atoms with Crippen LogP contribution in [0.25, 0.3) is 0 Å². The van der Waals surface area contributed by atoms with Crippen LogP contribution in [0, 0.1) is 17.6 Å². The van der Waals surface area contributed by atoms with Crippen LogP contribution >= 0.6 is 0 Å². The van der Waals surface area contributed by atoms with E-state index in [1.807, 2.05) is 0 Å². The molecule has 0 aliphatic carbocycles. The fourth-order valence-electron chi connectivity index (χ4n) is 1.77. The molecule has 0 aliphatic rings. The van der Waals surface area contributed by atoms with Gasteiger partial charge in [-0.25, -0.2) is 8.78 Å². The topological polar surface area (TPSA) is 63.2 Å². The van der Waals surface area contributed by atoms with Gasteiger partial charge in [0, 0.05) is 4.90 Å². The van der Waals surface area contributed by atoms with Crippen LogP contribution in [0.1, 0.15) is 20.8 Å². The number of hydrogen-bond donors (Lipinski definition) is 1. The van der Waals surface area contributed by atoms with Crippen molar-refractivity contribution in [1.29, 1.82) is 0 Å². The lowest BCUT2D eigenvalue weighted by atomic mass is 10.0. The van der Waals surface area contributed by atoms with E-state index in [-0.39, 0.29) is 16.6 Å². The second-order valence-corrected chi connectivity index (χ2v) is 6.42. The van der Waals surface area contributed by atoms with Crippen LogP contribution in [0.5, 0.6) is 0 Å². The van der Waals surface area contributed by atoms with Gasteiger partial charge in [0.2, 0.25) is 5.91 Å². The summed E-state index contributed by atoms with van der Waals surface area (Å²) in [4.78, 5) is 23.2. The Labute approximate surface area is 124 Å². The van der Waals surface area contributed by atoms with Gasteiger partial charge in [0.1, 0.15) is 5.75 Å². The summed E-state index contributed by atoms with van der Waals surface area (Å²) in [5.74, 6) is -3.45. The summed E-state index contributed by atoms with van der Waals surface area (Å²) in [6, 6.07) is 2.16. The lowest BCUT2D eigenvalue weighted by Crippen LogP contribution is -2.45. The molecule has 0 bridgehead atoms. The molecule has 21 heavy (non-hydrogen) atoms. The van der Waals surface area contributed by atoms with Crippen molar-refractivity contribution in [2.75, 3.05) is 5.75 Å². The molecule has 116 valence electrons. The molecule has 0 spiro atoms. The molecular formula is C14H17F2NO3S. The molecule has 2 atom stereocenters. The molecule has 4 nitrogen and oxygen atoms in total. The van der Waals surface area contributed by atoms with Crippen LogP contribution in [0.15, 0.2) is 23.1 Å². The summed E-state index contributed by atoms with van der Waals surface area (Å²) < 4.78 is 37.7. The molecule has 0 aromatic heterocycles. The van der Waals surface area contributed by atoms with Gasteiger partial charge in [-0.2, -0.15) is 0 Å². The molecule has 0 radical (unpaired) electrons. The number of carbonyl (C=O) groups is 2. The Balaban J connectivity index is 2.71. The number of benzene rings is 1. The number of rotatable bonds is 6. The van der Waals surface area contributed by atoms with Crippen LogP contribution < -0.4 is 5.32 Å². The first-order valence-corrected chi connectivity index (χ1v) is 7.67. The SMILES string of the molecule is CC(=O)C(NC(=O)CS(=O)c1ccc(F)c(F)c1)C(C)C. The maximum atomic E-state index is 13.0. The van der Waals surface area contributed by atoms with Crippen LogP contribution in [-0.4, -0.2) is 27.7 Å². The third kappa shape index (κ3) is 5.00. The molecule has 1 amide bonds. The van der Waals surface area contributed by atoms with Gasteiger partial charge >= 0.3 is 0 Å². The summed E-state index contributed by atoms with van der Waals surface area (Å²) in [7, 11) is -1.80. The number of nitrogens with one attached hydrogen (secondary N) is 1. The molecule has 7 heteroatoms. The molecule has 0 heterocycles. The standard InChI is InChI=1S/C14H17F2NO3S/c1-8(2)14(9(3)18)17-13(19)7-21(20)10-4-5-11(15)12(16)6-10/h4-6,8,14H,7H2,1-3H3,(H,17,19). The smallest absolute Gasteiger partial charge is 0.233 e. The fourth-order valence-corrected chi connectivity index (χ4v) is 2.72. The zero-order valence-corrected chi connectivity index (χ0v) is 12.8. The van der Waals surface area contributed by atoms with Crippen LogP contribution in [0.3, 0.4) is 0 Å². The number of carbonyl (C=O) groups excluding carboxylic acids is 2. The summed E-state index contributed by atoms with van der Waals surface area (Å²) in [6.07, 6.45) is 0. The second kappa shape index (κ2) is 7.40. The van der Waals surface area contributed by atoms with Crippen molar-refractivity contribution in [3.63, 3.8) is 0 Å². The van der Waals surface area contributed by atoms with Crippen molar-refractivity contribution < 1.29 is 22.6 Å². The Kier molecular flexibility index (Phi) is 6.14. The number of Topliss-reactive ketones (excluding diaryl/α,β-unsaturated/α-hetero) is 1. The van der Waals surface area contributed by atoms with Gasteiger partial charge in [0.05, 0.1) is 16.8 Å². The van der Waals surface area contributed by atoms with Crippen LogP contribution in [0.2, 0.25) is 0 Å². The normalized spacial score (nSPS) is 13.8. The highest BCUT2D eigenvalue weighted by Gasteiger charge is 2.22. The molecule has 2 unspecified atom stereocenters. The van der Waals surface area contributed by atoms with Crippen molar-refractivity contribution in [3.05, 3.63) is 29.8 Å². The van der Waals surface area contributed by atoms with Gasteiger partial charge in [-0.1, -0.05) is 13.8 Å². The largest absolute Gasteiger partial charge is 0.345 e. The van der Waals surface area contributed by atoms with E-state index in [0.29, 0.717) is 0 Å². The predicted octanol–water partition coefficient (Wildman–Crippen LogP) is 1.80. The molecule has 0 saturated heterocycles. The molecule has 1 aromatic carbocycles. The fraction of sp³-hybridized carbons (Fsp3) is 0.429. The van der Waals surface area contributed by atoms with Gasteiger partial charge < -0.3 is 5.32 Å². The van der Waals surface area contributed by atoms with E-state index in [2.05, 4.69) is 5.32 Å². The highest BCUT2D eigenvalue weighted by molar-refractivity contribution is 7.85. The van der Waals surface area contributed by atoms with Crippen molar-refractivity contribution >= 4 is 22.5 Å². The van der Waals surface area contributed by atoms with Crippen molar-refractivity contribution in [2.24, 2.45) is 5.92 Å². The van der Waals surface area contributed by atoms with Gasteiger partial charge in [-0.15, -0.1) is 0 Å². The lowest BCUT2D eigenvalue weighted by Gasteiger charge is -2.19. The highest BCUT2D eigenvalue weighted by Crippen LogP contribution is 2.12. The third-order valence-corrected chi connectivity index (χ3v) is 4.14.